The van der Waals surface area contributed by atoms with Gasteiger partial charge in [0.15, 0.2) is 5.82 Å². The molecule has 1 amide bonds. The number of fused-ring (bicyclic) bond motifs is 1. The van der Waals surface area contributed by atoms with Crippen molar-refractivity contribution in [3.63, 3.8) is 0 Å². The number of nitrogens with zero attached hydrogens (tertiary/aromatic N) is 6. The quantitative estimate of drug-likeness (QED) is 0.362. The zero-order chi connectivity index (χ0) is 27.4. The highest BCUT2D eigenvalue weighted by Gasteiger charge is 2.46. The molecule has 2 saturated heterocycles. The van der Waals surface area contributed by atoms with E-state index in [2.05, 4.69) is 20.3 Å². The second kappa shape index (κ2) is 12.4. The normalized spacial score (nSPS) is 29.7. The molecule has 1 aromatic heterocycles. The van der Waals surface area contributed by atoms with Gasteiger partial charge in [0.05, 0.1) is 26.4 Å². The van der Waals surface area contributed by atoms with Gasteiger partial charge in [-0.15, -0.1) is 10.2 Å². The average Bonchev–Trinajstić information content (AvgIpc) is 3.55. The fraction of sp³-hybridized carbons (Fsp3) is 0.846. The minimum Gasteiger partial charge on any atom is -0.465 e. The third kappa shape index (κ3) is 6.10. The zero-order valence-electron chi connectivity index (χ0n) is 23.2. The van der Waals surface area contributed by atoms with E-state index in [0.29, 0.717) is 56.1 Å². The number of esters is 2. The van der Waals surface area contributed by atoms with Crippen molar-refractivity contribution in [2.75, 3.05) is 40.0 Å². The molecule has 12 nitrogen and oxygen atoms in total. The number of rotatable bonds is 8. The lowest BCUT2D eigenvalue weighted by Gasteiger charge is -2.46. The lowest BCUT2D eigenvalue weighted by Crippen LogP contribution is -2.55. The summed E-state index contributed by atoms with van der Waals surface area (Å²) < 4.78 is 15.7. The maximum absolute atomic E-state index is 12.9. The van der Waals surface area contributed by atoms with Crippen LogP contribution in [0.4, 0.5) is 4.79 Å². The van der Waals surface area contributed by atoms with E-state index in [4.69, 9.17) is 14.2 Å². The molecule has 1 aliphatic carbocycles. The van der Waals surface area contributed by atoms with Gasteiger partial charge in [-0.1, -0.05) is 13.8 Å². The van der Waals surface area contributed by atoms with Crippen molar-refractivity contribution in [3.05, 3.63) is 5.82 Å². The van der Waals surface area contributed by atoms with Crippen molar-refractivity contribution in [2.24, 2.45) is 17.8 Å². The summed E-state index contributed by atoms with van der Waals surface area (Å²) in [5, 5.41) is 13.0. The van der Waals surface area contributed by atoms with Gasteiger partial charge in [0.25, 0.3) is 0 Å². The Kier molecular flexibility index (Phi) is 9.22. The third-order valence-corrected chi connectivity index (χ3v) is 8.27. The van der Waals surface area contributed by atoms with Crippen molar-refractivity contribution in [2.45, 2.75) is 83.8 Å². The molecule has 1 aromatic rings. The van der Waals surface area contributed by atoms with E-state index >= 15 is 0 Å². The molecule has 3 heterocycles. The van der Waals surface area contributed by atoms with Crippen molar-refractivity contribution in [1.82, 2.24) is 30.0 Å². The van der Waals surface area contributed by atoms with E-state index in [1.807, 2.05) is 20.8 Å². The Hall–Kier alpha value is -2.76. The predicted molar refractivity (Wildman–Crippen MR) is 136 cm³/mol. The van der Waals surface area contributed by atoms with E-state index in [0.717, 1.165) is 25.8 Å². The van der Waals surface area contributed by atoms with E-state index in [-0.39, 0.29) is 36.5 Å². The zero-order valence-corrected chi connectivity index (χ0v) is 23.2. The van der Waals surface area contributed by atoms with E-state index < -0.39 is 12.1 Å². The van der Waals surface area contributed by atoms with Crippen LogP contribution in [0.2, 0.25) is 0 Å². The average molecular weight is 535 g/mol. The molecular formula is C26H42N6O6. The topological polar surface area (TPSA) is 129 Å². The fourth-order valence-corrected chi connectivity index (χ4v) is 6.38. The van der Waals surface area contributed by atoms with Crippen LogP contribution in [0.15, 0.2) is 0 Å². The van der Waals surface area contributed by atoms with Gasteiger partial charge in [0.1, 0.15) is 12.1 Å². The summed E-state index contributed by atoms with van der Waals surface area (Å²) in [6, 6.07) is -1.02. The van der Waals surface area contributed by atoms with Crippen LogP contribution in [0, 0.1) is 17.8 Å². The molecule has 6 atom stereocenters. The molecule has 3 aliphatic rings. The summed E-state index contributed by atoms with van der Waals surface area (Å²) in [6.45, 7) is 10.2. The molecule has 12 heteroatoms. The second-order valence-corrected chi connectivity index (χ2v) is 11.1. The summed E-state index contributed by atoms with van der Waals surface area (Å²) in [5.74, 6) is 1.29. The number of carbonyl (C=O) groups is 3. The third-order valence-electron chi connectivity index (χ3n) is 8.27. The molecule has 0 bridgehead atoms. The molecule has 3 fully saturated rings. The van der Waals surface area contributed by atoms with Crippen LogP contribution in [0.3, 0.4) is 0 Å². The Bertz CT molecular complexity index is 985. The van der Waals surface area contributed by atoms with Gasteiger partial charge in [-0.25, -0.2) is 9.59 Å². The first kappa shape index (κ1) is 28.3. The molecule has 6 unspecified atom stereocenters. The molecule has 38 heavy (non-hydrogen) atoms. The minimum absolute atomic E-state index is 0.0442. The fourth-order valence-electron chi connectivity index (χ4n) is 6.38. The molecule has 2 aliphatic heterocycles. The van der Waals surface area contributed by atoms with Crippen LogP contribution in [0.5, 0.6) is 0 Å². The monoisotopic (exact) mass is 534 g/mol. The molecule has 0 aromatic carbocycles. The molecular weight excluding hydrogens is 492 g/mol. The van der Waals surface area contributed by atoms with Gasteiger partial charge in [0, 0.05) is 25.6 Å². The van der Waals surface area contributed by atoms with E-state index in [9.17, 15) is 14.4 Å². The summed E-state index contributed by atoms with van der Waals surface area (Å²) >= 11 is 0. The highest BCUT2D eigenvalue weighted by Crippen LogP contribution is 2.42. The number of tetrazole rings is 1. The first-order valence-electron chi connectivity index (χ1n) is 14.0. The largest absolute Gasteiger partial charge is 0.465 e. The van der Waals surface area contributed by atoms with Crippen molar-refractivity contribution >= 4 is 18.0 Å². The van der Waals surface area contributed by atoms with Gasteiger partial charge in [-0.3, -0.25) is 14.6 Å². The highest BCUT2D eigenvalue weighted by molar-refractivity contribution is 5.81. The molecule has 4 rings (SSSR count). The number of aromatic nitrogens is 4. The number of methoxy groups -OCH3 is 1. The van der Waals surface area contributed by atoms with E-state index in [1.54, 1.807) is 11.7 Å². The van der Waals surface area contributed by atoms with Gasteiger partial charge >= 0.3 is 18.0 Å². The SMILES string of the molecule is CCOC(=O)C1CC(n2nnc(C(C)C)n2)CN1CC1CCC2CN(C(=O)OC)C(C(=O)OCC)CC2C1. The van der Waals surface area contributed by atoms with Crippen LogP contribution >= 0.6 is 0 Å². The number of likely N-dealkylation sites (tertiary alicyclic amines) is 2. The van der Waals surface area contributed by atoms with Crippen LogP contribution in [0.25, 0.3) is 0 Å². The van der Waals surface area contributed by atoms with Crippen molar-refractivity contribution in [3.8, 4) is 0 Å². The smallest absolute Gasteiger partial charge is 0.410 e. The molecule has 0 N–H and O–H groups in total. The van der Waals surface area contributed by atoms with Gasteiger partial charge in [-0.2, -0.15) is 4.80 Å². The van der Waals surface area contributed by atoms with Crippen molar-refractivity contribution < 1.29 is 28.6 Å². The second-order valence-electron chi connectivity index (χ2n) is 11.1. The van der Waals surface area contributed by atoms with Crippen LogP contribution in [-0.2, 0) is 23.8 Å². The first-order chi connectivity index (χ1) is 18.2. The number of piperidine rings is 1. The Labute approximate surface area is 224 Å². The lowest BCUT2D eigenvalue weighted by atomic mass is 9.69. The number of ether oxygens (including phenoxy) is 3. The van der Waals surface area contributed by atoms with Crippen LogP contribution in [0.1, 0.15) is 77.6 Å². The molecule has 0 radical (unpaired) electrons. The minimum atomic E-state index is -0.626. The number of hydrogen-bond donors (Lipinski definition) is 0. The maximum Gasteiger partial charge on any atom is 0.410 e. The first-order valence-corrected chi connectivity index (χ1v) is 14.0. The molecule has 212 valence electrons. The number of amides is 1. The van der Waals surface area contributed by atoms with E-state index in [1.165, 1.54) is 12.0 Å². The lowest BCUT2D eigenvalue weighted by molar-refractivity contribution is -0.153. The summed E-state index contributed by atoms with van der Waals surface area (Å²) in [4.78, 5) is 43.4. The predicted octanol–water partition coefficient (Wildman–Crippen LogP) is 2.41. The maximum atomic E-state index is 12.9. The standard InChI is InChI=1S/C26H42N6O6/c1-6-37-24(33)21-12-20(32-28-23(16(3)4)27-29-32)15-30(21)13-17-8-9-18-14-31(26(35)36-5)22(11-19(18)10-17)25(34)38-7-2/h16-22H,6-15H2,1-5H3. The summed E-state index contributed by atoms with van der Waals surface area (Å²) in [5.41, 5.74) is 0. The van der Waals surface area contributed by atoms with Crippen LogP contribution in [-0.4, -0.2) is 100 Å². The Morgan fingerprint density at radius 2 is 1.66 bits per heavy atom. The molecule has 1 saturated carbocycles. The van der Waals surface area contributed by atoms with Gasteiger partial charge < -0.3 is 14.2 Å². The Morgan fingerprint density at radius 1 is 0.947 bits per heavy atom. The Balaban J connectivity index is 1.44. The van der Waals surface area contributed by atoms with Crippen LogP contribution < -0.4 is 0 Å². The number of carbonyl (C=O) groups excluding carboxylic acids is 3. The molecule has 0 spiro atoms. The Morgan fingerprint density at radius 3 is 2.29 bits per heavy atom. The highest BCUT2D eigenvalue weighted by atomic mass is 16.6. The summed E-state index contributed by atoms with van der Waals surface area (Å²) in [7, 11) is 1.34. The van der Waals surface area contributed by atoms with Gasteiger partial charge in [0.2, 0.25) is 0 Å². The van der Waals surface area contributed by atoms with Crippen molar-refractivity contribution in [1.29, 1.82) is 0 Å². The summed E-state index contributed by atoms with van der Waals surface area (Å²) in [6.07, 6.45) is 3.57. The van der Waals surface area contributed by atoms with Gasteiger partial charge in [-0.05, 0) is 68.9 Å². The number of hydrogen-bond acceptors (Lipinski definition) is 10.